The Morgan fingerprint density at radius 2 is 2.27 bits per heavy atom. The molecule has 2 aromatic rings. The number of nitrogens with zero attached hydrogens (tertiary/aromatic N) is 1. The summed E-state index contributed by atoms with van der Waals surface area (Å²) in [5.41, 5.74) is 6.93. The fourth-order valence-corrected chi connectivity index (χ4v) is 1.32. The number of hydrogen-bond acceptors (Lipinski definition) is 4. The zero-order chi connectivity index (χ0) is 10.8. The monoisotopic (exact) mass is 206 g/mol. The van der Waals surface area contributed by atoms with Crippen LogP contribution in [0.5, 0.6) is 0 Å². The van der Waals surface area contributed by atoms with Crippen molar-refractivity contribution in [1.82, 2.24) is 4.98 Å². The molecule has 1 aromatic heterocycles. The second-order valence-electron chi connectivity index (χ2n) is 3.22. The quantitative estimate of drug-likeness (QED) is 0.790. The van der Waals surface area contributed by atoms with Crippen LogP contribution in [0.15, 0.2) is 28.7 Å². The minimum atomic E-state index is -0.968. The van der Waals surface area contributed by atoms with Crippen molar-refractivity contribution in [1.29, 1.82) is 0 Å². The van der Waals surface area contributed by atoms with Gasteiger partial charge in [-0.1, -0.05) is 12.1 Å². The summed E-state index contributed by atoms with van der Waals surface area (Å²) in [6, 6.07) is 6.50. The van der Waals surface area contributed by atoms with Crippen LogP contribution in [0.4, 0.5) is 0 Å². The molecule has 0 fully saturated rings. The van der Waals surface area contributed by atoms with E-state index in [9.17, 15) is 4.79 Å². The Hall–Kier alpha value is -1.88. The summed E-state index contributed by atoms with van der Waals surface area (Å²) in [6.45, 7) is 0. The molecule has 5 nitrogen and oxygen atoms in total. The summed E-state index contributed by atoms with van der Waals surface area (Å²) in [4.78, 5) is 14.6. The number of hydrogen-bond donors (Lipinski definition) is 2. The van der Waals surface area contributed by atoms with E-state index >= 15 is 0 Å². The lowest BCUT2D eigenvalue weighted by Gasteiger charge is -2.01. The number of carboxylic acids is 1. The molecule has 1 aromatic carbocycles. The van der Waals surface area contributed by atoms with Crippen LogP contribution in [0.3, 0.4) is 0 Å². The summed E-state index contributed by atoms with van der Waals surface area (Å²) in [6.07, 6.45) is -0.188. The minimum absolute atomic E-state index is 0.188. The fraction of sp³-hybridized carbons (Fsp3) is 0.200. The number of aromatic nitrogens is 1. The number of aliphatic carboxylic acids is 1. The van der Waals surface area contributed by atoms with E-state index in [1.54, 1.807) is 12.1 Å². The highest BCUT2D eigenvalue weighted by Gasteiger charge is 2.16. The van der Waals surface area contributed by atoms with Gasteiger partial charge in [-0.15, -0.1) is 0 Å². The molecular formula is C10H10N2O3. The van der Waals surface area contributed by atoms with Crippen molar-refractivity contribution in [2.75, 3.05) is 0 Å². The van der Waals surface area contributed by atoms with Crippen LogP contribution >= 0.6 is 0 Å². The molecule has 3 N–H and O–H groups in total. The van der Waals surface area contributed by atoms with E-state index in [0.717, 1.165) is 0 Å². The summed E-state index contributed by atoms with van der Waals surface area (Å²) in [5.74, 6) is -0.705. The molecule has 0 aliphatic rings. The molecule has 0 radical (unpaired) electrons. The number of carbonyl (C=O) groups is 1. The number of rotatable bonds is 3. The van der Waals surface area contributed by atoms with Gasteiger partial charge in [-0.3, -0.25) is 4.79 Å². The van der Waals surface area contributed by atoms with Gasteiger partial charge in [-0.2, -0.15) is 0 Å². The Balaban J connectivity index is 2.32. The van der Waals surface area contributed by atoms with Crippen molar-refractivity contribution in [2.24, 2.45) is 5.73 Å². The summed E-state index contributed by atoms with van der Waals surface area (Å²) < 4.78 is 5.33. The topological polar surface area (TPSA) is 89.4 Å². The van der Waals surface area contributed by atoms with E-state index in [1.807, 2.05) is 12.1 Å². The number of para-hydroxylation sites is 2. The Kier molecular flexibility index (Phi) is 2.39. The Bertz CT molecular complexity index is 459. The smallest absolute Gasteiger partial charge is 0.305 e. The molecule has 0 saturated heterocycles. The highest BCUT2D eigenvalue weighted by atomic mass is 16.4. The highest BCUT2D eigenvalue weighted by Crippen LogP contribution is 2.20. The van der Waals surface area contributed by atoms with Gasteiger partial charge >= 0.3 is 5.97 Å². The van der Waals surface area contributed by atoms with Gasteiger partial charge in [0, 0.05) is 0 Å². The van der Waals surface area contributed by atoms with Crippen molar-refractivity contribution >= 4 is 17.1 Å². The molecular weight excluding hydrogens is 196 g/mol. The van der Waals surface area contributed by atoms with Gasteiger partial charge in [0.2, 0.25) is 5.89 Å². The number of oxazole rings is 1. The van der Waals surface area contributed by atoms with Crippen molar-refractivity contribution in [2.45, 2.75) is 12.5 Å². The first-order chi connectivity index (χ1) is 7.16. The number of fused-ring (bicyclic) bond motifs is 1. The average molecular weight is 206 g/mol. The second kappa shape index (κ2) is 3.70. The van der Waals surface area contributed by atoms with Crippen LogP contribution in [0, 0.1) is 0 Å². The maximum absolute atomic E-state index is 10.4. The van der Waals surface area contributed by atoms with Crippen molar-refractivity contribution in [3.8, 4) is 0 Å². The number of benzene rings is 1. The van der Waals surface area contributed by atoms with Crippen molar-refractivity contribution in [3.63, 3.8) is 0 Å². The standard InChI is InChI=1S/C10H10N2O3/c11-6(5-9(13)14)10-12-7-3-1-2-4-8(7)15-10/h1-4,6H,5,11H2,(H,13,14). The van der Waals surface area contributed by atoms with Gasteiger partial charge in [0.25, 0.3) is 0 Å². The van der Waals surface area contributed by atoms with E-state index in [1.165, 1.54) is 0 Å². The molecule has 0 bridgehead atoms. The first-order valence-corrected chi connectivity index (χ1v) is 4.49. The number of carboxylic acid groups (broad SMARTS) is 1. The van der Waals surface area contributed by atoms with E-state index in [4.69, 9.17) is 15.3 Å². The zero-order valence-electron chi connectivity index (χ0n) is 7.88. The molecule has 0 spiro atoms. The largest absolute Gasteiger partial charge is 0.481 e. The molecule has 0 amide bonds. The first-order valence-electron chi connectivity index (χ1n) is 4.49. The van der Waals surface area contributed by atoms with Gasteiger partial charge < -0.3 is 15.3 Å². The summed E-state index contributed by atoms with van der Waals surface area (Å²) in [7, 11) is 0. The number of nitrogens with two attached hydrogens (primary N) is 1. The molecule has 15 heavy (non-hydrogen) atoms. The Morgan fingerprint density at radius 1 is 1.53 bits per heavy atom. The lowest BCUT2D eigenvalue weighted by Crippen LogP contribution is -2.15. The van der Waals surface area contributed by atoms with E-state index in [0.29, 0.717) is 11.1 Å². The maximum atomic E-state index is 10.4. The lowest BCUT2D eigenvalue weighted by molar-refractivity contribution is -0.137. The van der Waals surface area contributed by atoms with Crippen LogP contribution in [-0.4, -0.2) is 16.1 Å². The maximum Gasteiger partial charge on any atom is 0.305 e. The van der Waals surface area contributed by atoms with Gasteiger partial charge in [0.1, 0.15) is 5.52 Å². The van der Waals surface area contributed by atoms with Gasteiger partial charge in [-0.25, -0.2) is 4.98 Å². The minimum Gasteiger partial charge on any atom is -0.481 e. The molecule has 0 aliphatic carbocycles. The second-order valence-corrected chi connectivity index (χ2v) is 3.22. The normalized spacial score (nSPS) is 12.9. The van der Waals surface area contributed by atoms with Gasteiger partial charge in [-0.05, 0) is 12.1 Å². The predicted octanol–water partition coefficient (Wildman–Crippen LogP) is 1.30. The summed E-state index contributed by atoms with van der Waals surface area (Å²) >= 11 is 0. The first kappa shape index (κ1) is 9.67. The third-order valence-electron chi connectivity index (χ3n) is 2.02. The van der Waals surface area contributed by atoms with Gasteiger partial charge in [0.15, 0.2) is 5.58 Å². The van der Waals surface area contributed by atoms with Crippen LogP contribution in [0.25, 0.3) is 11.1 Å². The lowest BCUT2D eigenvalue weighted by atomic mass is 10.2. The highest BCUT2D eigenvalue weighted by molar-refractivity contribution is 5.72. The Morgan fingerprint density at radius 3 is 2.93 bits per heavy atom. The molecule has 1 heterocycles. The zero-order valence-corrected chi connectivity index (χ0v) is 7.88. The van der Waals surface area contributed by atoms with Gasteiger partial charge in [0.05, 0.1) is 12.5 Å². The predicted molar refractivity (Wildman–Crippen MR) is 53.2 cm³/mol. The molecule has 2 rings (SSSR count). The van der Waals surface area contributed by atoms with Crippen LogP contribution in [-0.2, 0) is 4.79 Å². The molecule has 5 heteroatoms. The van der Waals surface area contributed by atoms with E-state index in [-0.39, 0.29) is 12.3 Å². The molecule has 1 unspecified atom stereocenters. The molecule has 0 saturated carbocycles. The Labute approximate surface area is 85.5 Å². The van der Waals surface area contributed by atoms with Crippen LogP contribution in [0.1, 0.15) is 18.4 Å². The van der Waals surface area contributed by atoms with E-state index < -0.39 is 12.0 Å². The van der Waals surface area contributed by atoms with Crippen LogP contribution in [0.2, 0.25) is 0 Å². The van der Waals surface area contributed by atoms with E-state index in [2.05, 4.69) is 4.98 Å². The SMILES string of the molecule is NC(CC(=O)O)c1nc2ccccc2o1. The fourth-order valence-electron chi connectivity index (χ4n) is 1.32. The van der Waals surface area contributed by atoms with Crippen molar-refractivity contribution < 1.29 is 14.3 Å². The molecule has 1 atom stereocenters. The third-order valence-corrected chi connectivity index (χ3v) is 2.02. The molecule has 0 aliphatic heterocycles. The average Bonchev–Trinajstić information content (AvgIpc) is 2.59. The third kappa shape index (κ3) is 1.97. The summed E-state index contributed by atoms with van der Waals surface area (Å²) in [5, 5.41) is 8.57. The van der Waals surface area contributed by atoms with Crippen molar-refractivity contribution in [3.05, 3.63) is 30.2 Å². The van der Waals surface area contributed by atoms with Crippen LogP contribution < -0.4 is 5.73 Å². The molecule has 78 valence electrons.